The second-order valence-corrected chi connectivity index (χ2v) is 6.14. The van der Waals surface area contributed by atoms with Gasteiger partial charge in [-0.3, -0.25) is 0 Å². The molecule has 0 spiro atoms. The normalized spacial score (nSPS) is 26.6. The van der Waals surface area contributed by atoms with E-state index in [2.05, 4.69) is 22.8 Å². The number of rotatable bonds is 4. The Bertz CT molecular complexity index is 286. The molecule has 1 aliphatic rings. The van der Waals surface area contributed by atoms with Crippen molar-refractivity contribution in [3.63, 3.8) is 0 Å². The van der Waals surface area contributed by atoms with Crippen molar-refractivity contribution in [2.45, 2.75) is 49.9 Å². The summed E-state index contributed by atoms with van der Waals surface area (Å²) in [5.74, 6) is 0. The molecule has 1 nitrogen and oxygen atoms in total. The van der Waals surface area contributed by atoms with Gasteiger partial charge in [0.1, 0.15) is 0 Å². The van der Waals surface area contributed by atoms with Gasteiger partial charge in [-0.25, -0.2) is 0 Å². The molecule has 2 rings (SSSR count). The first-order valence-corrected chi connectivity index (χ1v) is 7.58. The van der Waals surface area contributed by atoms with Crippen LogP contribution in [0.4, 0.5) is 0 Å². The molecule has 1 aromatic heterocycles. The summed E-state index contributed by atoms with van der Waals surface area (Å²) in [7, 11) is 0. The van der Waals surface area contributed by atoms with E-state index in [1.54, 1.807) is 0 Å². The van der Waals surface area contributed by atoms with Crippen LogP contribution in [-0.4, -0.2) is 18.0 Å². The SMILES string of the molecule is ClC1CCCCCC1NCCc1cccs1. The predicted molar refractivity (Wildman–Crippen MR) is 72.5 cm³/mol. The van der Waals surface area contributed by atoms with Gasteiger partial charge in [0, 0.05) is 22.8 Å². The Morgan fingerprint density at radius 2 is 2.19 bits per heavy atom. The minimum absolute atomic E-state index is 0.339. The van der Waals surface area contributed by atoms with Crippen molar-refractivity contribution in [1.29, 1.82) is 0 Å². The van der Waals surface area contributed by atoms with E-state index in [0.29, 0.717) is 11.4 Å². The third-order valence-corrected chi connectivity index (χ3v) is 4.75. The van der Waals surface area contributed by atoms with Gasteiger partial charge in [-0.15, -0.1) is 22.9 Å². The summed E-state index contributed by atoms with van der Waals surface area (Å²) in [6, 6.07) is 4.86. The van der Waals surface area contributed by atoms with E-state index in [9.17, 15) is 0 Å². The van der Waals surface area contributed by atoms with Gasteiger partial charge in [0.25, 0.3) is 0 Å². The molecule has 16 heavy (non-hydrogen) atoms. The summed E-state index contributed by atoms with van der Waals surface area (Å²) < 4.78 is 0. The molecule has 1 aliphatic carbocycles. The molecule has 3 heteroatoms. The third kappa shape index (κ3) is 3.76. The van der Waals surface area contributed by atoms with Crippen LogP contribution in [0.25, 0.3) is 0 Å². The van der Waals surface area contributed by atoms with Crippen LogP contribution in [-0.2, 0) is 6.42 Å². The van der Waals surface area contributed by atoms with Crippen LogP contribution < -0.4 is 5.32 Å². The van der Waals surface area contributed by atoms with E-state index in [0.717, 1.165) is 13.0 Å². The zero-order valence-corrected chi connectivity index (χ0v) is 11.2. The molecule has 1 aromatic rings. The lowest BCUT2D eigenvalue weighted by atomic mass is 10.1. The number of hydrogen-bond acceptors (Lipinski definition) is 2. The highest BCUT2D eigenvalue weighted by molar-refractivity contribution is 7.09. The zero-order valence-electron chi connectivity index (χ0n) is 9.62. The van der Waals surface area contributed by atoms with Crippen molar-refractivity contribution in [2.24, 2.45) is 0 Å². The zero-order chi connectivity index (χ0) is 11.2. The molecule has 90 valence electrons. The Morgan fingerprint density at radius 1 is 1.31 bits per heavy atom. The van der Waals surface area contributed by atoms with Crippen molar-refractivity contribution >= 4 is 22.9 Å². The first-order valence-electron chi connectivity index (χ1n) is 6.26. The Labute approximate surface area is 107 Å². The maximum absolute atomic E-state index is 6.39. The molecule has 1 N–H and O–H groups in total. The monoisotopic (exact) mass is 257 g/mol. The quantitative estimate of drug-likeness (QED) is 0.639. The van der Waals surface area contributed by atoms with E-state index >= 15 is 0 Å². The number of hydrogen-bond donors (Lipinski definition) is 1. The summed E-state index contributed by atoms with van der Waals surface area (Å²) >= 11 is 8.23. The molecule has 0 radical (unpaired) electrons. The Morgan fingerprint density at radius 3 is 3.00 bits per heavy atom. The Balaban J connectivity index is 1.71. The summed E-state index contributed by atoms with van der Waals surface area (Å²) in [5.41, 5.74) is 0. The predicted octanol–water partition coefficient (Wildman–Crippen LogP) is 3.82. The number of alkyl halides is 1. The minimum atomic E-state index is 0.339. The fraction of sp³-hybridized carbons (Fsp3) is 0.692. The van der Waals surface area contributed by atoms with Gasteiger partial charge >= 0.3 is 0 Å². The van der Waals surface area contributed by atoms with Gasteiger partial charge in [0.15, 0.2) is 0 Å². The van der Waals surface area contributed by atoms with Crippen molar-refractivity contribution in [3.8, 4) is 0 Å². The van der Waals surface area contributed by atoms with Gasteiger partial charge in [0.2, 0.25) is 0 Å². The molecule has 0 saturated heterocycles. The highest BCUT2D eigenvalue weighted by atomic mass is 35.5. The van der Waals surface area contributed by atoms with Crippen LogP contribution in [0.5, 0.6) is 0 Å². The molecule has 0 bridgehead atoms. The van der Waals surface area contributed by atoms with Crippen LogP contribution in [0.1, 0.15) is 37.0 Å². The standard InChI is InChI=1S/C13H20ClNS/c14-12-6-2-1-3-7-13(12)15-9-8-11-5-4-10-16-11/h4-5,10,12-13,15H,1-3,6-9H2. The first-order chi connectivity index (χ1) is 7.86. The van der Waals surface area contributed by atoms with E-state index in [-0.39, 0.29) is 0 Å². The van der Waals surface area contributed by atoms with Crippen LogP contribution in [0, 0.1) is 0 Å². The van der Waals surface area contributed by atoms with Crippen molar-refractivity contribution in [1.82, 2.24) is 5.32 Å². The van der Waals surface area contributed by atoms with Crippen molar-refractivity contribution < 1.29 is 0 Å². The highest BCUT2D eigenvalue weighted by Crippen LogP contribution is 2.22. The van der Waals surface area contributed by atoms with Crippen LogP contribution in [0.15, 0.2) is 17.5 Å². The van der Waals surface area contributed by atoms with E-state index < -0.39 is 0 Å². The van der Waals surface area contributed by atoms with Crippen molar-refractivity contribution in [2.75, 3.05) is 6.54 Å². The smallest absolute Gasteiger partial charge is 0.0489 e. The largest absolute Gasteiger partial charge is 0.312 e. The van der Waals surface area contributed by atoms with Gasteiger partial charge in [-0.2, -0.15) is 0 Å². The summed E-state index contributed by atoms with van der Waals surface area (Å²) in [6.45, 7) is 1.06. The van der Waals surface area contributed by atoms with Crippen LogP contribution in [0.3, 0.4) is 0 Å². The number of nitrogens with one attached hydrogen (secondary N) is 1. The van der Waals surface area contributed by atoms with Crippen LogP contribution in [0.2, 0.25) is 0 Å². The number of halogens is 1. The third-order valence-electron chi connectivity index (χ3n) is 3.29. The lowest BCUT2D eigenvalue weighted by Gasteiger charge is -2.20. The average Bonchev–Trinajstić information content (AvgIpc) is 2.71. The average molecular weight is 258 g/mol. The summed E-state index contributed by atoms with van der Waals surface area (Å²) in [5, 5.41) is 6.11. The topological polar surface area (TPSA) is 12.0 Å². The molecule has 0 aromatic carbocycles. The lowest BCUT2D eigenvalue weighted by Crippen LogP contribution is -2.37. The van der Waals surface area contributed by atoms with Crippen LogP contribution >= 0.6 is 22.9 Å². The Kier molecular flexibility index (Phi) is 5.14. The Hall–Kier alpha value is -0.0500. The van der Waals surface area contributed by atoms with E-state index in [1.165, 1.54) is 37.0 Å². The fourth-order valence-corrected chi connectivity index (χ4v) is 3.41. The second-order valence-electron chi connectivity index (χ2n) is 4.54. The van der Waals surface area contributed by atoms with Gasteiger partial charge < -0.3 is 5.32 Å². The molecule has 2 unspecified atom stereocenters. The van der Waals surface area contributed by atoms with E-state index in [4.69, 9.17) is 11.6 Å². The second kappa shape index (κ2) is 6.63. The van der Waals surface area contributed by atoms with Gasteiger partial charge in [0.05, 0.1) is 0 Å². The van der Waals surface area contributed by atoms with Crippen molar-refractivity contribution in [3.05, 3.63) is 22.4 Å². The summed E-state index contributed by atoms with van der Waals surface area (Å²) in [6.07, 6.45) is 7.55. The molecular formula is C13H20ClNS. The molecule has 2 atom stereocenters. The molecule has 0 amide bonds. The molecule has 1 fully saturated rings. The number of thiophene rings is 1. The minimum Gasteiger partial charge on any atom is -0.312 e. The van der Waals surface area contributed by atoms with Gasteiger partial charge in [-0.1, -0.05) is 25.3 Å². The molecule has 1 saturated carbocycles. The van der Waals surface area contributed by atoms with E-state index in [1.807, 2.05) is 11.3 Å². The highest BCUT2D eigenvalue weighted by Gasteiger charge is 2.20. The molecule has 0 aliphatic heterocycles. The first kappa shape index (κ1) is 12.4. The molecular weight excluding hydrogens is 238 g/mol. The lowest BCUT2D eigenvalue weighted by molar-refractivity contribution is 0.469. The summed E-state index contributed by atoms with van der Waals surface area (Å²) in [4.78, 5) is 1.47. The van der Waals surface area contributed by atoms with Gasteiger partial charge in [-0.05, 0) is 30.7 Å². The molecule has 1 heterocycles. The maximum atomic E-state index is 6.39. The fourth-order valence-electron chi connectivity index (χ4n) is 2.33. The maximum Gasteiger partial charge on any atom is 0.0489 e.